The summed E-state index contributed by atoms with van der Waals surface area (Å²) in [5.41, 5.74) is 0. The largest absolute Gasteiger partial charge is 0.490 e. The minimum atomic E-state index is -3.58. The molecule has 2 aromatic rings. The number of unbranched alkanes of at least 4 members (excludes halogenated alkanes) is 14. The molecule has 2 aromatic carbocycles. The molecule has 1 heterocycles. The van der Waals surface area contributed by atoms with Crippen LogP contribution >= 0.6 is 7.37 Å². The summed E-state index contributed by atoms with van der Waals surface area (Å²) in [4.78, 5) is 0. The highest BCUT2D eigenvalue weighted by Crippen LogP contribution is 2.49. The fourth-order valence-corrected chi connectivity index (χ4v) is 8.88. The van der Waals surface area contributed by atoms with Crippen LogP contribution in [0.5, 0.6) is 11.5 Å². The van der Waals surface area contributed by atoms with Gasteiger partial charge in [0, 0.05) is 0 Å². The number of rotatable bonds is 20. The Labute approximate surface area is 304 Å². The minimum Gasteiger partial charge on any atom is -0.490 e. The number of hydrogen-bond donors (Lipinski definition) is 0. The number of hydrogen-bond acceptors (Lipinski definition) is 7. The lowest BCUT2D eigenvalue weighted by atomic mass is 10.1. The van der Waals surface area contributed by atoms with Gasteiger partial charge < -0.3 is 28.2 Å². The number of para-hydroxylation sites is 2. The predicted molar refractivity (Wildman–Crippen MR) is 207 cm³/mol. The fraction of sp³-hybridized carbons (Fsp3) is 0.714. The van der Waals surface area contributed by atoms with E-state index >= 15 is 4.57 Å². The molecule has 0 bridgehead atoms. The van der Waals surface area contributed by atoms with E-state index in [9.17, 15) is 0 Å². The zero-order chi connectivity index (χ0) is 35.5. The molecule has 8 heteroatoms. The normalized spacial score (nSPS) is 18.9. The molecule has 0 fully saturated rings. The Hall–Kier alpha value is -1.89. The molecule has 0 saturated carbocycles. The first-order valence-electron chi connectivity index (χ1n) is 20.1. The van der Waals surface area contributed by atoms with Crippen molar-refractivity contribution in [2.24, 2.45) is 0 Å². The van der Waals surface area contributed by atoms with Gasteiger partial charge in [-0.25, -0.2) is 0 Å². The quantitative estimate of drug-likeness (QED) is 0.0998. The summed E-state index contributed by atoms with van der Waals surface area (Å²) >= 11 is 0. The van der Waals surface area contributed by atoms with Gasteiger partial charge in [0.05, 0.1) is 55.9 Å². The lowest BCUT2D eigenvalue weighted by molar-refractivity contribution is -0.0445. The summed E-state index contributed by atoms with van der Waals surface area (Å²) in [6.07, 6.45) is 21.8. The molecule has 7 nitrogen and oxygen atoms in total. The second kappa shape index (κ2) is 26.8. The predicted octanol–water partition coefficient (Wildman–Crippen LogP) is 10.6. The van der Waals surface area contributed by atoms with Crippen LogP contribution in [0.2, 0.25) is 0 Å². The Morgan fingerprint density at radius 2 is 0.960 bits per heavy atom. The van der Waals surface area contributed by atoms with E-state index in [0.717, 1.165) is 25.7 Å². The Bertz CT molecular complexity index is 1090. The van der Waals surface area contributed by atoms with Crippen LogP contribution in [0.15, 0.2) is 48.5 Å². The van der Waals surface area contributed by atoms with Crippen molar-refractivity contribution < 1.29 is 32.8 Å². The van der Waals surface area contributed by atoms with Crippen molar-refractivity contribution in [1.29, 1.82) is 0 Å². The Balaban J connectivity index is 1.74. The van der Waals surface area contributed by atoms with E-state index in [1.165, 1.54) is 89.9 Å². The second-order valence-corrected chi connectivity index (χ2v) is 16.0. The van der Waals surface area contributed by atoms with Crippen molar-refractivity contribution in [3.05, 3.63) is 48.5 Å². The van der Waals surface area contributed by atoms with Crippen LogP contribution in [0.25, 0.3) is 0 Å². The van der Waals surface area contributed by atoms with Crippen molar-refractivity contribution in [3.8, 4) is 11.5 Å². The van der Waals surface area contributed by atoms with Gasteiger partial charge in [0.2, 0.25) is 0 Å². The molecule has 0 unspecified atom stereocenters. The average molecular weight is 717 g/mol. The third kappa shape index (κ3) is 16.2. The maximum Gasteiger partial charge on any atom is 0.268 e. The molecule has 1 aliphatic rings. The maximum absolute atomic E-state index is 15.1. The Kier molecular flexibility index (Phi) is 22.8. The summed E-state index contributed by atoms with van der Waals surface area (Å²) in [5, 5.41) is 1.08. The van der Waals surface area contributed by atoms with Gasteiger partial charge in [-0.15, -0.1) is 0 Å². The molecule has 0 aliphatic carbocycles. The molecule has 0 saturated heterocycles. The molecule has 0 aromatic heterocycles. The van der Waals surface area contributed by atoms with Gasteiger partial charge in [-0.3, -0.25) is 4.57 Å². The highest BCUT2D eigenvalue weighted by molar-refractivity contribution is 7.74. The van der Waals surface area contributed by atoms with Crippen molar-refractivity contribution in [1.82, 2.24) is 0 Å². The van der Waals surface area contributed by atoms with E-state index < -0.39 is 7.37 Å². The zero-order valence-electron chi connectivity index (χ0n) is 31.8. The van der Waals surface area contributed by atoms with Crippen LogP contribution in [0, 0.1) is 0 Å². The standard InChI is InChI=1S/C42H69O7P/c1-4-7-9-11-13-15-17-19-25-37-35-47-39-27-21-23-29-41(39)50(43,49-6-3)42-30-24-22-28-40(42)48-36-38(46-34-32-44-31-33-45-37)26-20-18-16-14-12-10-8-5-2/h21-24,27-30,37-38H,4-20,25-26,31-36H2,1-3H3/t37-,38-/m1/s1. The van der Waals surface area contributed by atoms with Crippen molar-refractivity contribution in [2.45, 2.75) is 149 Å². The lowest BCUT2D eigenvalue weighted by Gasteiger charge is -2.26. The highest BCUT2D eigenvalue weighted by atomic mass is 31.2. The van der Waals surface area contributed by atoms with Crippen molar-refractivity contribution in [2.75, 3.05) is 46.2 Å². The van der Waals surface area contributed by atoms with Gasteiger partial charge in [0.15, 0.2) is 0 Å². The van der Waals surface area contributed by atoms with Crippen molar-refractivity contribution >= 4 is 18.0 Å². The molecular weight excluding hydrogens is 647 g/mol. The minimum absolute atomic E-state index is 0.0972. The van der Waals surface area contributed by atoms with E-state index in [0.29, 0.717) is 61.7 Å². The van der Waals surface area contributed by atoms with E-state index in [1.807, 2.05) is 55.5 Å². The first-order valence-corrected chi connectivity index (χ1v) is 21.7. The molecule has 2 atom stereocenters. The zero-order valence-corrected chi connectivity index (χ0v) is 32.7. The first kappa shape index (κ1) is 42.5. The summed E-state index contributed by atoms with van der Waals surface area (Å²) in [6, 6.07) is 15.1. The molecular formula is C42H69O7P. The second-order valence-electron chi connectivity index (χ2n) is 13.7. The monoisotopic (exact) mass is 716 g/mol. The lowest BCUT2D eigenvalue weighted by Crippen LogP contribution is -2.29. The van der Waals surface area contributed by atoms with E-state index in [4.69, 9.17) is 28.2 Å². The number of benzene rings is 2. The van der Waals surface area contributed by atoms with Crippen LogP contribution in [-0.4, -0.2) is 58.5 Å². The van der Waals surface area contributed by atoms with Gasteiger partial charge >= 0.3 is 0 Å². The Morgan fingerprint density at radius 3 is 1.38 bits per heavy atom. The molecule has 0 N–H and O–H groups in total. The van der Waals surface area contributed by atoms with E-state index in [-0.39, 0.29) is 18.8 Å². The molecule has 1 aliphatic heterocycles. The third-order valence-electron chi connectivity index (χ3n) is 9.45. The van der Waals surface area contributed by atoms with Gasteiger partial charge in [0.25, 0.3) is 7.37 Å². The van der Waals surface area contributed by atoms with Gasteiger partial charge in [-0.05, 0) is 44.0 Å². The molecule has 50 heavy (non-hydrogen) atoms. The number of ether oxygens (including phenoxy) is 5. The summed E-state index contributed by atoms with van der Waals surface area (Å²) < 4.78 is 52.8. The van der Waals surface area contributed by atoms with Crippen molar-refractivity contribution in [3.63, 3.8) is 0 Å². The van der Waals surface area contributed by atoms with Crippen LogP contribution in [-0.2, 0) is 23.3 Å². The molecule has 0 amide bonds. The fourth-order valence-electron chi connectivity index (χ4n) is 6.55. The van der Waals surface area contributed by atoms with E-state index in [1.54, 1.807) is 0 Å². The molecule has 0 spiro atoms. The summed E-state index contributed by atoms with van der Waals surface area (Å²) in [7, 11) is -3.58. The Morgan fingerprint density at radius 1 is 0.560 bits per heavy atom. The van der Waals surface area contributed by atoms with Crippen LogP contribution in [0.3, 0.4) is 0 Å². The summed E-state index contributed by atoms with van der Waals surface area (Å²) in [5.74, 6) is 1.11. The number of fused-ring (bicyclic) bond motifs is 2. The van der Waals surface area contributed by atoms with Crippen LogP contribution in [0.4, 0.5) is 0 Å². The maximum atomic E-state index is 15.1. The molecule has 284 valence electrons. The smallest absolute Gasteiger partial charge is 0.268 e. The average Bonchev–Trinajstić information content (AvgIpc) is 3.13. The summed E-state index contributed by atoms with van der Waals surface area (Å²) in [6.45, 7) is 9.38. The highest BCUT2D eigenvalue weighted by Gasteiger charge is 2.35. The van der Waals surface area contributed by atoms with Gasteiger partial charge in [-0.1, -0.05) is 141 Å². The SMILES string of the molecule is CCCCCCCCCC[C@@H]1COc2ccccc2P(=O)(OCC)c2ccccc2OC[C@@H](CCCCCCCCCC)OCCOCCO1. The topological polar surface area (TPSA) is 72.5 Å². The molecule has 0 radical (unpaired) electrons. The third-order valence-corrected chi connectivity index (χ3v) is 12.1. The van der Waals surface area contributed by atoms with Crippen LogP contribution < -0.4 is 20.1 Å². The van der Waals surface area contributed by atoms with E-state index in [2.05, 4.69) is 13.8 Å². The molecule has 3 rings (SSSR count). The van der Waals surface area contributed by atoms with Gasteiger partial charge in [-0.2, -0.15) is 0 Å². The van der Waals surface area contributed by atoms with Crippen LogP contribution in [0.1, 0.15) is 136 Å². The van der Waals surface area contributed by atoms with Gasteiger partial charge in [0.1, 0.15) is 24.7 Å². The first-order chi connectivity index (χ1) is 24.6.